The Bertz CT molecular complexity index is 38.5. The molecule has 0 N–H and O–H groups in total. The molecule has 0 fully saturated rings. The van der Waals surface area contributed by atoms with Crippen LogP contribution in [-0.2, 0) is 0 Å². The van der Waals surface area contributed by atoms with Crippen LogP contribution in [0.5, 0.6) is 0 Å². The zero-order valence-electron chi connectivity index (χ0n) is 4.65. The van der Waals surface area contributed by atoms with Crippen molar-refractivity contribution >= 4 is 19.8 Å². The Balaban J connectivity index is 0. The van der Waals surface area contributed by atoms with E-state index in [1.165, 1.54) is 10.2 Å². The second-order valence-electron chi connectivity index (χ2n) is 0.512. The summed E-state index contributed by atoms with van der Waals surface area (Å²) >= 11 is 0. The molecule has 0 rings (SSSR count). The lowest BCUT2D eigenvalue weighted by molar-refractivity contribution is 1.56. The third kappa shape index (κ3) is 39.3. The van der Waals surface area contributed by atoms with Crippen molar-refractivity contribution in [2.45, 2.75) is 13.1 Å². The van der Waals surface area contributed by atoms with Gasteiger partial charge >= 0.3 is 0 Å². The second kappa shape index (κ2) is 20.5. The highest BCUT2D eigenvalue weighted by atomic mass is 28.2. The van der Waals surface area contributed by atoms with E-state index < -0.39 is 0 Å². The first-order valence-electron chi connectivity index (χ1n) is 2.28. The van der Waals surface area contributed by atoms with Crippen LogP contribution in [0.1, 0.15) is 0 Å². The molecule has 0 aromatic rings. The van der Waals surface area contributed by atoms with Gasteiger partial charge in [0.15, 0.2) is 0 Å². The molecule has 0 aromatic carbocycles. The number of hydrogen-bond acceptors (Lipinski definition) is 1. The number of rotatable bonds is 0. The largest absolute Gasteiger partial charge is 0.208 e. The van der Waals surface area contributed by atoms with Gasteiger partial charge in [0, 0.05) is 5.69 Å². The first-order valence-corrected chi connectivity index (χ1v) is 6.41. The average molecular weight is 117 g/mol. The summed E-state index contributed by atoms with van der Waals surface area (Å²) < 4.78 is 0. The summed E-state index contributed by atoms with van der Waals surface area (Å²) in [5.74, 6) is 0. The van der Waals surface area contributed by atoms with E-state index in [1.807, 2.05) is 6.55 Å². The monoisotopic (exact) mass is 117 g/mol. The van der Waals surface area contributed by atoms with Crippen LogP contribution >= 0.6 is 0 Å². The molecule has 0 aliphatic rings. The molecule has 0 atom stereocenters. The maximum absolute atomic E-state index is 7.69. The van der Waals surface area contributed by atoms with E-state index in [0.717, 1.165) is 0 Å². The van der Waals surface area contributed by atoms with Crippen LogP contribution in [0.25, 0.3) is 0 Å². The molecule has 0 aromatic heterocycles. The van der Waals surface area contributed by atoms with E-state index >= 15 is 0 Å². The van der Waals surface area contributed by atoms with Gasteiger partial charge in [0.25, 0.3) is 0 Å². The Morgan fingerprint density at radius 2 is 1.83 bits per heavy atom. The molecule has 0 saturated carbocycles. The smallest absolute Gasteiger partial charge is 0.139 e. The van der Waals surface area contributed by atoms with Crippen molar-refractivity contribution < 1.29 is 0 Å². The van der Waals surface area contributed by atoms with Gasteiger partial charge in [-0.05, 0) is 10.2 Å². The topological polar surface area (TPSA) is 23.8 Å². The van der Waals surface area contributed by atoms with E-state index in [0.29, 0.717) is 0 Å². The van der Waals surface area contributed by atoms with Gasteiger partial charge < -0.3 is 0 Å². The third-order valence-electron chi connectivity index (χ3n) is 0.158. The summed E-state index contributed by atoms with van der Waals surface area (Å²) in [6.07, 6.45) is 0. The predicted molar refractivity (Wildman–Crippen MR) is 35.8 cm³/mol. The van der Waals surface area contributed by atoms with Crippen molar-refractivity contribution in [2.24, 2.45) is 0 Å². The van der Waals surface area contributed by atoms with Crippen LogP contribution in [0.15, 0.2) is 0 Å². The van der Waals surface area contributed by atoms with E-state index in [4.69, 9.17) is 5.26 Å². The quantitative estimate of drug-likeness (QED) is 0.377. The molecule has 0 spiro atoms. The van der Waals surface area contributed by atoms with Gasteiger partial charge in [0.05, 0.1) is 0 Å². The Labute approximate surface area is 44.6 Å². The van der Waals surface area contributed by atoms with Crippen LogP contribution in [0, 0.1) is 11.0 Å². The predicted octanol–water partition coefficient (Wildman–Crippen LogP) is -0.916. The van der Waals surface area contributed by atoms with Crippen LogP contribution in [0.3, 0.4) is 0 Å². The Morgan fingerprint density at radius 1 is 1.67 bits per heavy atom. The molecular formula is C3H11NSi2. The highest BCUT2D eigenvalue weighted by Gasteiger charge is 1.53. The van der Waals surface area contributed by atoms with Gasteiger partial charge in [0.2, 0.25) is 0 Å². The maximum atomic E-state index is 7.69. The standard InChI is InChI=1S/C2H5NSi.CH6Si/c1-4-2-3;1-2/h4H2,1H3;1-2H3. The number of nitrogens with zero attached hydrogens (tertiary/aromatic N) is 1. The van der Waals surface area contributed by atoms with Crippen molar-refractivity contribution in [1.29, 1.82) is 5.26 Å². The number of hydrogen-bond donors (Lipinski definition) is 0. The van der Waals surface area contributed by atoms with Crippen molar-refractivity contribution in [2.75, 3.05) is 0 Å². The lowest BCUT2D eigenvalue weighted by Gasteiger charge is -1.43. The Kier molecular flexibility index (Phi) is 31.8. The van der Waals surface area contributed by atoms with Gasteiger partial charge in [-0.15, -0.1) is 0 Å². The molecular weight excluding hydrogens is 106 g/mol. The fourth-order valence-corrected chi connectivity index (χ4v) is 0. The molecule has 0 heterocycles. The normalized spacial score (nSPS) is 6.83. The molecule has 0 unspecified atom stereocenters. The fourth-order valence-electron chi connectivity index (χ4n) is 0. The summed E-state index contributed by atoms with van der Waals surface area (Å²) in [4.78, 5) is 0. The lowest BCUT2D eigenvalue weighted by atomic mass is 11.8. The van der Waals surface area contributed by atoms with E-state index in [2.05, 4.69) is 12.2 Å². The highest BCUT2D eigenvalue weighted by Crippen LogP contribution is 1.37. The van der Waals surface area contributed by atoms with E-state index in [9.17, 15) is 0 Å². The summed E-state index contributed by atoms with van der Waals surface area (Å²) in [7, 11) is 1.04. The van der Waals surface area contributed by atoms with E-state index in [-0.39, 0.29) is 9.52 Å². The maximum Gasteiger partial charge on any atom is 0.139 e. The Hall–Kier alpha value is -0.0762. The molecule has 0 saturated heterocycles. The van der Waals surface area contributed by atoms with Crippen molar-refractivity contribution in [3.05, 3.63) is 0 Å². The number of nitriles is 1. The van der Waals surface area contributed by atoms with Gasteiger partial charge in [-0.3, -0.25) is 0 Å². The minimum atomic E-state index is -0.270. The fraction of sp³-hybridized carbons (Fsp3) is 0.667. The van der Waals surface area contributed by atoms with Crippen LogP contribution < -0.4 is 0 Å². The molecule has 0 aliphatic carbocycles. The molecule has 0 amide bonds. The van der Waals surface area contributed by atoms with Gasteiger partial charge in [-0.2, -0.15) is 0 Å². The Morgan fingerprint density at radius 3 is 1.83 bits per heavy atom. The zero-order chi connectivity index (χ0) is 5.41. The van der Waals surface area contributed by atoms with Crippen molar-refractivity contribution in [3.8, 4) is 5.69 Å². The summed E-state index contributed by atoms with van der Waals surface area (Å²) in [5, 5.41) is 7.69. The highest BCUT2D eigenvalue weighted by molar-refractivity contribution is 6.43. The van der Waals surface area contributed by atoms with Crippen molar-refractivity contribution in [1.82, 2.24) is 0 Å². The molecule has 0 aliphatic heterocycles. The molecule has 36 valence electrons. The van der Waals surface area contributed by atoms with Gasteiger partial charge in [0.1, 0.15) is 9.52 Å². The molecule has 6 heavy (non-hydrogen) atoms. The van der Waals surface area contributed by atoms with E-state index in [1.54, 1.807) is 0 Å². The van der Waals surface area contributed by atoms with Gasteiger partial charge in [-0.1, -0.05) is 13.1 Å². The molecule has 0 bridgehead atoms. The molecule has 0 radical (unpaired) electrons. The van der Waals surface area contributed by atoms with Gasteiger partial charge in [-0.25, -0.2) is 5.26 Å². The third-order valence-corrected chi connectivity index (χ3v) is 0.474. The lowest BCUT2D eigenvalue weighted by Crippen LogP contribution is -1.63. The minimum Gasteiger partial charge on any atom is -0.208 e. The summed E-state index contributed by atoms with van der Waals surface area (Å²) in [5.41, 5.74) is 2.07. The van der Waals surface area contributed by atoms with Crippen LogP contribution in [0.4, 0.5) is 0 Å². The van der Waals surface area contributed by atoms with Crippen LogP contribution in [0.2, 0.25) is 13.1 Å². The minimum absolute atomic E-state index is 0.270. The second-order valence-corrected chi connectivity index (χ2v) is 1.54. The molecule has 3 heteroatoms. The zero-order valence-corrected chi connectivity index (χ0v) is 8.07. The summed E-state index contributed by atoms with van der Waals surface area (Å²) in [6.45, 7) is 4.10. The van der Waals surface area contributed by atoms with Crippen molar-refractivity contribution in [3.63, 3.8) is 0 Å². The first kappa shape index (κ1) is 9.33. The molecule has 1 nitrogen and oxygen atoms in total. The SMILES string of the molecule is C[SiH2]C#N.C[SiH3]. The van der Waals surface area contributed by atoms with Crippen LogP contribution in [-0.4, -0.2) is 19.8 Å². The average Bonchev–Trinajstić information content (AvgIpc) is 1.72. The first-order chi connectivity index (χ1) is 2.91. The summed E-state index contributed by atoms with van der Waals surface area (Å²) in [6, 6.07) is 0.